The summed E-state index contributed by atoms with van der Waals surface area (Å²) in [5.41, 5.74) is 0. The van der Waals surface area contributed by atoms with Gasteiger partial charge in [0.1, 0.15) is 18.0 Å². The van der Waals surface area contributed by atoms with Gasteiger partial charge in [0.2, 0.25) is 0 Å². The van der Waals surface area contributed by atoms with Crippen LogP contribution in [0.4, 0.5) is 11.6 Å². The van der Waals surface area contributed by atoms with E-state index in [0.29, 0.717) is 6.61 Å². The molecule has 0 amide bonds. The van der Waals surface area contributed by atoms with Crippen molar-refractivity contribution >= 4 is 11.6 Å². The third-order valence-electron chi connectivity index (χ3n) is 2.64. The number of nitrogens with one attached hydrogen (secondary N) is 1. The van der Waals surface area contributed by atoms with Gasteiger partial charge in [0.15, 0.2) is 0 Å². The van der Waals surface area contributed by atoms with Crippen LogP contribution in [-0.4, -0.2) is 43.3 Å². The summed E-state index contributed by atoms with van der Waals surface area (Å²) in [6, 6.07) is 2.25. The number of rotatable bonds is 7. The van der Waals surface area contributed by atoms with Gasteiger partial charge in [-0.1, -0.05) is 6.92 Å². The molecule has 0 bridgehead atoms. The normalized spacial score (nSPS) is 12.2. The first-order valence-corrected chi connectivity index (χ1v) is 5.96. The van der Waals surface area contributed by atoms with Crippen LogP contribution in [0.1, 0.15) is 20.3 Å². The highest BCUT2D eigenvalue weighted by atomic mass is 16.5. The number of aromatic nitrogens is 2. The summed E-state index contributed by atoms with van der Waals surface area (Å²) in [5.74, 6) is 1.77. The molecule has 5 nitrogen and oxygen atoms in total. The molecule has 1 aromatic rings. The minimum absolute atomic E-state index is 0.286. The van der Waals surface area contributed by atoms with Crippen LogP contribution in [0.15, 0.2) is 12.4 Å². The Hall–Kier alpha value is -1.36. The highest BCUT2D eigenvalue weighted by Gasteiger charge is 2.11. The smallest absolute Gasteiger partial charge is 0.134 e. The molecule has 17 heavy (non-hydrogen) atoms. The van der Waals surface area contributed by atoms with E-state index in [0.717, 1.165) is 24.6 Å². The van der Waals surface area contributed by atoms with Crippen molar-refractivity contribution in [1.82, 2.24) is 9.97 Å². The van der Waals surface area contributed by atoms with Gasteiger partial charge in [-0.3, -0.25) is 0 Å². The van der Waals surface area contributed by atoms with Crippen molar-refractivity contribution in [2.75, 3.05) is 37.5 Å². The van der Waals surface area contributed by atoms with Crippen LogP contribution in [0.3, 0.4) is 0 Å². The van der Waals surface area contributed by atoms with Gasteiger partial charge in [-0.05, 0) is 13.3 Å². The van der Waals surface area contributed by atoms with Crippen molar-refractivity contribution in [2.45, 2.75) is 26.3 Å². The minimum Gasteiger partial charge on any atom is -0.383 e. The molecule has 0 aromatic carbocycles. The third-order valence-corrected chi connectivity index (χ3v) is 2.64. The van der Waals surface area contributed by atoms with Gasteiger partial charge in [0, 0.05) is 26.8 Å². The first-order chi connectivity index (χ1) is 8.19. The fraction of sp³-hybridized carbons (Fsp3) is 0.667. The van der Waals surface area contributed by atoms with Crippen LogP contribution in [0.2, 0.25) is 0 Å². The van der Waals surface area contributed by atoms with E-state index in [1.807, 2.05) is 13.1 Å². The molecule has 0 spiro atoms. The zero-order chi connectivity index (χ0) is 12.7. The molecule has 0 aliphatic heterocycles. The van der Waals surface area contributed by atoms with Gasteiger partial charge in [0.05, 0.1) is 12.6 Å². The standard InChI is InChI=1S/C12H22N4O/c1-5-6-13-11-7-12(15-9-14-11)16(3)10(2)8-17-4/h7,9-10H,5-6,8H2,1-4H3,(H,13,14,15). The van der Waals surface area contributed by atoms with Crippen molar-refractivity contribution in [3.05, 3.63) is 12.4 Å². The van der Waals surface area contributed by atoms with Crippen molar-refractivity contribution in [2.24, 2.45) is 0 Å². The zero-order valence-electron chi connectivity index (χ0n) is 11.1. The summed E-state index contributed by atoms with van der Waals surface area (Å²) >= 11 is 0. The average molecular weight is 238 g/mol. The molecule has 1 unspecified atom stereocenters. The van der Waals surface area contributed by atoms with E-state index in [9.17, 15) is 0 Å². The van der Waals surface area contributed by atoms with Gasteiger partial charge < -0.3 is 15.0 Å². The second-order valence-electron chi connectivity index (χ2n) is 4.10. The van der Waals surface area contributed by atoms with Crippen molar-refractivity contribution in [3.8, 4) is 0 Å². The molecular formula is C12H22N4O. The topological polar surface area (TPSA) is 50.3 Å². The van der Waals surface area contributed by atoms with E-state index in [1.54, 1.807) is 13.4 Å². The molecule has 5 heteroatoms. The maximum atomic E-state index is 5.14. The van der Waals surface area contributed by atoms with E-state index >= 15 is 0 Å². The number of hydrogen-bond acceptors (Lipinski definition) is 5. The summed E-state index contributed by atoms with van der Waals surface area (Å²) in [7, 11) is 3.72. The SMILES string of the molecule is CCCNc1cc(N(C)C(C)COC)ncn1. The van der Waals surface area contributed by atoms with Crippen LogP contribution in [0.5, 0.6) is 0 Å². The van der Waals surface area contributed by atoms with Gasteiger partial charge in [0.25, 0.3) is 0 Å². The molecule has 1 heterocycles. The summed E-state index contributed by atoms with van der Waals surface area (Å²) in [5, 5.41) is 3.25. The predicted octanol–water partition coefficient (Wildman–Crippen LogP) is 1.77. The fourth-order valence-electron chi connectivity index (χ4n) is 1.47. The maximum Gasteiger partial charge on any atom is 0.134 e. The lowest BCUT2D eigenvalue weighted by atomic mass is 10.3. The quantitative estimate of drug-likeness (QED) is 0.784. The summed E-state index contributed by atoms with van der Waals surface area (Å²) in [6.07, 6.45) is 2.67. The first-order valence-electron chi connectivity index (χ1n) is 5.96. The Labute approximate surface area is 103 Å². The fourth-order valence-corrected chi connectivity index (χ4v) is 1.47. The molecule has 1 rings (SSSR count). The Morgan fingerprint density at radius 1 is 1.47 bits per heavy atom. The van der Waals surface area contributed by atoms with E-state index in [4.69, 9.17) is 4.74 Å². The second-order valence-corrected chi connectivity index (χ2v) is 4.10. The maximum absolute atomic E-state index is 5.14. The number of likely N-dealkylation sites (N-methyl/N-ethyl adjacent to an activating group) is 1. The van der Waals surface area contributed by atoms with Crippen molar-refractivity contribution < 1.29 is 4.74 Å². The van der Waals surface area contributed by atoms with Crippen LogP contribution in [0.25, 0.3) is 0 Å². The highest BCUT2D eigenvalue weighted by molar-refractivity contribution is 5.48. The lowest BCUT2D eigenvalue weighted by molar-refractivity contribution is 0.183. The molecule has 0 aliphatic carbocycles. The number of hydrogen-bond donors (Lipinski definition) is 1. The monoisotopic (exact) mass is 238 g/mol. The van der Waals surface area contributed by atoms with E-state index in [1.165, 1.54) is 0 Å². The molecule has 1 aromatic heterocycles. The number of anilines is 2. The number of ether oxygens (including phenoxy) is 1. The Kier molecular flexibility index (Phi) is 5.69. The summed E-state index contributed by atoms with van der Waals surface area (Å²) < 4.78 is 5.14. The Bertz CT molecular complexity index is 332. The van der Waals surface area contributed by atoms with Crippen LogP contribution in [0, 0.1) is 0 Å². The molecule has 0 saturated carbocycles. The third kappa shape index (κ3) is 4.19. The molecule has 0 fully saturated rings. The lowest BCUT2D eigenvalue weighted by Gasteiger charge is -2.25. The van der Waals surface area contributed by atoms with E-state index in [-0.39, 0.29) is 6.04 Å². The van der Waals surface area contributed by atoms with Crippen LogP contribution >= 0.6 is 0 Å². The molecular weight excluding hydrogens is 216 g/mol. The first kappa shape index (κ1) is 13.7. The predicted molar refractivity (Wildman–Crippen MR) is 70.6 cm³/mol. The van der Waals surface area contributed by atoms with Gasteiger partial charge in [-0.25, -0.2) is 9.97 Å². The van der Waals surface area contributed by atoms with E-state index in [2.05, 4.69) is 34.0 Å². The average Bonchev–Trinajstić information content (AvgIpc) is 2.36. The summed E-state index contributed by atoms with van der Waals surface area (Å²) in [4.78, 5) is 10.5. The van der Waals surface area contributed by atoms with Crippen LogP contribution < -0.4 is 10.2 Å². The lowest BCUT2D eigenvalue weighted by Crippen LogP contribution is -2.33. The number of methoxy groups -OCH3 is 1. The molecule has 1 atom stereocenters. The largest absolute Gasteiger partial charge is 0.383 e. The Morgan fingerprint density at radius 2 is 2.24 bits per heavy atom. The number of nitrogens with zero attached hydrogens (tertiary/aromatic N) is 3. The Balaban J connectivity index is 2.69. The summed E-state index contributed by atoms with van der Waals surface area (Å²) in [6.45, 7) is 5.83. The van der Waals surface area contributed by atoms with Gasteiger partial charge >= 0.3 is 0 Å². The molecule has 0 aliphatic rings. The van der Waals surface area contributed by atoms with Gasteiger partial charge in [-0.15, -0.1) is 0 Å². The van der Waals surface area contributed by atoms with Crippen molar-refractivity contribution in [1.29, 1.82) is 0 Å². The van der Waals surface area contributed by atoms with Crippen LogP contribution in [-0.2, 0) is 4.74 Å². The van der Waals surface area contributed by atoms with Gasteiger partial charge in [-0.2, -0.15) is 0 Å². The molecule has 0 saturated heterocycles. The van der Waals surface area contributed by atoms with E-state index < -0.39 is 0 Å². The highest BCUT2D eigenvalue weighted by Crippen LogP contribution is 2.14. The van der Waals surface area contributed by atoms with Crippen molar-refractivity contribution in [3.63, 3.8) is 0 Å². The Morgan fingerprint density at radius 3 is 2.88 bits per heavy atom. The minimum atomic E-state index is 0.286. The molecule has 1 N–H and O–H groups in total. The second kappa shape index (κ2) is 7.06. The molecule has 0 radical (unpaired) electrons. The zero-order valence-corrected chi connectivity index (χ0v) is 11.1. The molecule has 96 valence electrons.